The van der Waals surface area contributed by atoms with E-state index < -0.39 is 27.9 Å². The average Bonchev–Trinajstić information content (AvgIpc) is 2.02. The lowest BCUT2D eigenvalue weighted by Gasteiger charge is -2.06. The van der Waals surface area contributed by atoms with Crippen molar-refractivity contribution in [1.82, 2.24) is 4.98 Å². The monoisotopic (exact) mass is 259 g/mol. The molecule has 0 spiro atoms. The Balaban J connectivity index is 3.41. The Morgan fingerprint density at radius 2 is 2.00 bits per heavy atom. The summed E-state index contributed by atoms with van der Waals surface area (Å²) in [5.41, 5.74) is -1.06. The van der Waals surface area contributed by atoms with Gasteiger partial charge in [-0.05, 0) is 11.6 Å². The molecule has 76 valence electrons. The van der Waals surface area contributed by atoms with Gasteiger partial charge in [-0.3, -0.25) is 4.79 Å². The number of alkyl halides is 2. The number of carbonyl (C=O) groups excluding carboxylic acids is 1. The molecular weight excluding hydrogens is 258 g/mol. The highest BCUT2D eigenvalue weighted by molar-refractivity contribution is 6.68. The van der Waals surface area contributed by atoms with E-state index in [4.69, 9.17) is 34.8 Å². The van der Waals surface area contributed by atoms with Gasteiger partial charge in [-0.25, -0.2) is 13.8 Å². The second-order valence-electron chi connectivity index (χ2n) is 2.26. The van der Waals surface area contributed by atoms with Crippen molar-refractivity contribution in [3.8, 4) is 0 Å². The molecule has 1 heterocycles. The van der Waals surface area contributed by atoms with Crippen LogP contribution in [0.25, 0.3) is 0 Å². The molecule has 0 aliphatic heterocycles. The summed E-state index contributed by atoms with van der Waals surface area (Å²) in [6.45, 7) is 0. The van der Waals surface area contributed by atoms with E-state index in [1.807, 2.05) is 0 Å². The molecule has 0 bridgehead atoms. The van der Waals surface area contributed by atoms with E-state index in [2.05, 4.69) is 4.98 Å². The van der Waals surface area contributed by atoms with Crippen molar-refractivity contribution in [2.75, 3.05) is 0 Å². The highest BCUT2D eigenvalue weighted by Gasteiger charge is 2.22. The van der Waals surface area contributed by atoms with Crippen LogP contribution in [0.15, 0.2) is 6.20 Å². The lowest BCUT2D eigenvalue weighted by Crippen LogP contribution is -2.00. The number of nitrogens with zero attached hydrogens (tertiary/aromatic N) is 1. The van der Waals surface area contributed by atoms with Gasteiger partial charge < -0.3 is 0 Å². The molecule has 0 saturated carbocycles. The number of rotatable bonds is 2. The Hall–Kier alpha value is -0.450. The van der Waals surface area contributed by atoms with E-state index in [1.165, 1.54) is 0 Å². The van der Waals surface area contributed by atoms with Crippen LogP contribution in [0.4, 0.5) is 8.78 Å². The number of pyridine rings is 1. The van der Waals surface area contributed by atoms with Gasteiger partial charge >= 0.3 is 0 Å². The molecule has 7 heteroatoms. The van der Waals surface area contributed by atoms with Crippen LogP contribution >= 0.6 is 34.8 Å². The van der Waals surface area contributed by atoms with Crippen LogP contribution in [-0.2, 0) is 0 Å². The summed E-state index contributed by atoms with van der Waals surface area (Å²) in [6.07, 6.45) is -1.97. The van der Waals surface area contributed by atoms with Crippen molar-refractivity contribution in [3.05, 3.63) is 27.5 Å². The van der Waals surface area contributed by atoms with Gasteiger partial charge in [0.15, 0.2) is 0 Å². The molecule has 0 unspecified atom stereocenters. The molecule has 0 aliphatic carbocycles. The first-order chi connectivity index (χ1) is 6.45. The van der Waals surface area contributed by atoms with Gasteiger partial charge in [0.2, 0.25) is 0 Å². The Kier molecular flexibility index (Phi) is 3.64. The first-order valence-corrected chi connectivity index (χ1v) is 4.40. The van der Waals surface area contributed by atoms with Crippen molar-refractivity contribution < 1.29 is 13.6 Å². The zero-order valence-corrected chi connectivity index (χ0v) is 8.67. The normalized spacial score (nSPS) is 10.7. The maximum absolute atomic E-state index is 12.4. The minimum absolute atomic E-state index is 0.299. The van der Waals surface area contributed by atoms with Gasteiger partial charge in [-0.2, -0.15) is 0 Å². The lowest BCUT2D eigenvalue weighted by atomic mass is 10.2. The second kappa shape index (κ2) is 4.38. The third-order valence-electron chi connectivity index (χ3n) is 1.41. The number of halogens is 5. The molecule has 0 N–H and O–H groups in total. The molecule has 0 saturated heterocycles. The number of hydrogen-bond acceptors (Lipinski definition) is 2. The quantitative estimate of drug-likeness (QED) is 0.759. The Morgan fingerprint density at radius 1 is 1.43 bits per heavy atom. The van der Waals surface area contributed by atoms with Crippen molar-refractivity contribution in [2.24, 2.45) is 0 Å². The third kappa shape index (κ3) is 2.13. The van der Waals surface area contributed by atoms with Gasteiger partial charge in [0.1, 0.15) is 5.69 Å². The predicted molar refractivity (Wildman–Crippen MR) is 49.4 cm³/mol. The van der Waals surface area contributed by atoms with Gasteiger partial charge in [-0.1, -0.05) is 23.2 Å². The number of carbonyl (C=O) groups is 1. The molecule has 0 atom stereocenters. The maximum Gasteiger partial charge on any atom is 0.272 e. The molecule has 2 nitrogen and oxygen atoms in total. The first kappa shape index (κ1) is 11.6. The molecule has 0 amide bonds. The summed E-state index contributed by atoms with van der Waals surface area (Å²) < 4.78 is 24.8. The van der Waals surface area contributed by atoms with E-state index >= 15 is 0 Å². The minimum atomic E-state index is -2.88. The lowest BCUT2D eigenvalue weighted by molar-refractivity contribution is 0.107. The number of aromatic nitrogens is 1. The van der Waals surface area contributed by atoms with Gasteiger partial charge in [0.25, 0.3) is 11.7 Å². The van der Waals surface area contributed by atoms with Crippen LogP contribution in [0.5, 0.6) is 0 Å². The van der Waals surface area contributed by atoms with Crippen LogP contribution in [0, 0.1) is 0 Å². The fourth-order valence-corrected chi connectivity index (χ4v) is 1.60. The molecule has 0 aromatic carbocycles. The zero-order chi connectivity index (χ0) is 10.9. The van der Waals surface area contributed by atoms with E-state index in [9.17, 15) is 13.6 Å². The predicted octanol–water partition coefficient (Wildman–Crippen LogP) is 3.71. The summed E-state index contributed by atoms with van der Waals surface area (Å²) in [5, 5.41) is -1.81. The molecule has 0 radical (unpaired) electrons. The topological polar surface area (TPSA) is 30.0 Å². The second-order valence-corrected chi connectivity index (χ2v) is 3.39. The van der Waals surface area contributed by atoms with Crippen molar-refractivity contribution >= 4 is 40.0 Å². The summed E-state index contributed by atoms with van der Waals surface area (Å²) in [5.74, 6) is 0. The van der Waals surface area contributed by atoms with Gasteiger partial charge in [-0.15, -0.1) is 0 Å². The third-order valence-corrected chi connectivity index (χ3v) is 2.28. The Morgan fingerprint density at radius 3 is 2.43 bits per heavy atom. The van der Waals surface area contributed by atoms with Crippen molar-refractivity contribution in [2.45, 2.75) is 6.43 Å². The fraction of sp³-hybridized carbons (Fsp3) is 0.143. The van der Waals surface area contributed by atoms with Gasteiger partial charge in [0.05, 0.1) is 15.6 Å². The molecule has 0 fully saturated rings. The molecule has 1 aromatic heterocycles. The Bertz CT molecular complexity index is 383. The summed E-state index contributed by atoms with van der Waals surface area (Å²) in [7, 11) is 0. The van der Waals surface area contributed by atoms with E-state index in [1.54, 1.807) is 0 Å². The van der Waals surface area contributed by atoms with Crippen molar-refractivity contribution in [3.63, 3.8) is 0 Å². The smallest absolute Gasteiger partial charge is 0.272 e. The first-order valence-electron chi connectivity index (χ1n) is 3.27. The molecular formula is C7H2Cl3F2NO. The molecule has 1 rings (SSSR count). The van der Waals surface area contributed by atoms with Crippen molar-refractivity contribution in [1.29, 1.82) is 0 Å². The average molecular weight is 260 g/mol. The number of hydrogen-bond donors (Lipinski definition) is 0. The van der Waals surface area contributed by atoms with E-state index in [0.717, 1.165) is 6.20 Å². The molecule has 0 aliphatic rings. The van der Waals surface area contributed by atoms with E-state index in [-0.39, 0.29) is 5.02 Å². The van der Waals surface area contributed by atoms with Crippen LogP contribution < -0.4 is 0 Å². The van der Waals surface area contributed by atoms with E-state index in [0.29, 0.717) is 0 Å². The van der Waals surface area contributed by atoms with Gasteiger partial charge in [0, 0.05) is 6.20 Å². The Labute approximate surface area is 92.8 Å². The maximum atomic E-state index is 12.4. The SMILES string of the molecule is O=C(Cl)c1ncc(Cl)c(C(F)F)c1Cl. The standard InChI is InChI=1S/C7H2Cl3F2NO/c8-2-1-13-5(6(10)14)4(9)3(2)7(11)12/h1,7H. The fourth-order valence-electron chi connectivity index (χ4n) is 0.817. The summed E-state index contributed by atoms with van der Waals surface area (Å²) >= 11 is 16.0. The van der Waals surface area contributed by atoms with Crippen LogP contribution in [-0.4, -0.2) is 10.2 Å². The summed E-state index contributed by atoms with van der Waals surface area (Å²) in [6, 6.07) is 0. The minimum Gasteiger partial charge on any atom is -0.274 e. The highest BCUT2D eigenvalue weighted by Crippen LogP contribution is 2.34. The van der Waals surface area contributed by atoms with Crippen LogP contribution in [0.1, 0.15) is 22.5 Å². The molecule has 14 heavy (non-hydrogen) atoms. The summed E-state index contributed by atoms with van der Waals surface area (Å²) in [4.78, 5) is 14.1. The highest BCUT2D eigenvalue weighted by atomic mass is 35.5. The largest absolute Gasteiger partial charge is 0.274 e. The molecule has 1 aromatic rings. The van der Waals surface area contributed by atoms with Crippen LogP contribution in [0.2, 0.25) is 10.0 Å². The zero-order valence-electron chi connectivity index (χ0n) is 6.40. The van der Waals surface area contributed by atoms with Crippen LogP contribution in [0.3, 0.4) is 0 Å².